The van der Waals surface area contributed by atoms with Gasteiger partial charge in [0, 0.05) is 0 Å². The predicted octanol–water partition coefficient (Wildman–Crippen LogP) is -2.31. The molecule has 0 atom stereocenters. The minimum atomic E-state index is 0. The minimum Gasteiger partial charge on any atom is -0.682 e. The predicted molar refractivity (Wildman–Crippen MR) is 3.32 cm³/mol. The first-order valence-corrected chi connectivity index (χ1v) is 0.463. The molecule has 0 aliphatic rings. The Morgan fingerprint density at radius 3 is 0.571 bits per heavy atom. The molecule has 0 aromatic heterocycles. The summed E-state index contributed by atoms with van der Waals surface area (Å²) in [6.45, 7) is 0. The fraction of sp³-hybridized carbons (Fsp3) is 0. The third kappa shape index (κ3) is 176. The Labute approximate surface area is 69.2 Å². The topological polar surface area (TPSA) is 69.2 Å². The SMILES string of the molecule is [Gd+3].[O-]F.[O-]F.[O-]F. The first-order valence-electron chi connectivity index (χ1n) is 0.463. The zero-order valence-electron chi connectivity index (χ0n) is 2.71. The minimum absolute atomic E-state index is 0. The Balaban J connectivity index is -0.00000000900. The summed E-state index contributed by atoms with van der Waals surface area (Å²) in [6.07, 6.45) is 0. The van der Waals surface area contributed by atoms with Gasteiger partial charge in [-0.25, -0.2) is 0 Å². The van der Waals surface area contributed by atoms with E-state index >= 15 is 0 Å². The average molecular weight is 262 g/mol. The second-order valence-corrected chi connectivity index (χ2v) is 0. The van der Waals surface area contributed by atoms with Gasteiger partial charge in [-0.2, -0.15) is 0 Å². The Morgan fingerprint density at radius 2 is 0.571 bits per heavy atom. The molecule has 0 amide bonds. The molecule has 47 valence electrons. The van der Waals surface area contributed by atoms with E-state index in [2.05, 4.69) is 0 Å². The van der Waals surface area contributed by atoms with Gasteiger partial charge in [-0.1, -0.05) is 0 Å². The van der Waals surface area contributed by atoms with E-state index in [0.717, 1.165) is 0 Å². The van der Waals surface area contributed by atoms with Crippen LogP contribution in [-0.2, 0) is 0 Å². The molecule has 0 unspecified atom stereocenters. The molecule has 0 saturated heterocycles. The van der Waals surface area contributed by atoms with Crippen LogP contribution in [0.2, 0.25) is 0 Å². The zero-order chi connectivity index (χ0) is 6.00. The molecular formula is F3GdO3. The summed E-state index contributed by atoms with van der Waals surface area (Å²) in [4.78, 5) is 0. The molecule has 0 rings (SSSR count). The summed E-state index contributed by atoms with van der Waals surface area (Å²) in [5.41, 5.74) is 0. The van der Waals surface area contributed by atoms with E-state index in [1.54, 1.807) is 0 Å². The molecule has 0 aromatic carbocycles. The van der Waals surface area contributed by atoms with Crippen molar-refractivity contribution in [1.29, 1.82) is 0 Å². The van der Waals surface area contributed by atoms with Crippen LogP contribution >= 0.6 is 0 Å². The second-order valence-electron chi connectivity index (χ2n) is 0. The van der Waals surface area contributed by atoms with Gasteiger partial charge < -0.3 is 29.5 Å². The van der Waals surface area contributed by atoms with Gasteiger partial charge in [0.1, 0.15) is 0 Å². The maximum absolute atomic E-state index is 8.25. The Morgan fingerprint density at radius 1 is 0.571 bits per heavy atom. The van der Waals surface area contributed by atoms with E-state index in [0.29, 0.717) is 0 Å². The van der Waals surface area contributed by atoms with Gasteiger partial charge in [0.2, 0.25) is 0 Å². The monoisotopic (exact) mass is 263 g/mol. The quantitative estimate of drug-likeness (QED) is 0.493. The molecule has 0 heterocycles. The Kier molecular flexibility index (Phi) is 890. The molecule has 0 N–H and O–H groups in total. The molecule has 0 spiro atoms. The molecule has 7 heavy (non-hydrogen) atoms. The number of rotatable bonds is 0. The fourth-order valence-corrected chi connectivity index (χ4v) is 0. The molecule has 0 aliphatic heterocycles. The number of halogens is 3. The van der Waals surface area contributed by atoms with Crippen LogP contribution in [0, 0.1) is 39.9 Å². The molecule has 0 bridgehead atoms. The van der Waals surface area contributed by atoms with Gasteiger partial charge in [-0.05, 0) is 0 Å². The second kappa shape index (κ2) is 254. The van der Waals surface area contributed by atoms with Gasteiger partial charge in [0.25, 0.3) is 0 Å². The molecule has 0 aromatic rings. The summed E-state index contributed by atoms with van der Waals surface area (Å²) in [6, 6.07) is 0. The summed E-state index contributed by atoms with van der Waals surface area (Å²) in [5, 5.41) is 20.2. The van der Waals surface area contributed by atoms with Crippen LogP contribution < -0.4 is 15.9 Å². The van der Waals surface area contributed by atoms with E-state index in [9.17, 15) is 0 Å². The van der Waals surface area contributed by atoms with Crippen molar-refractivity contribution in [3.8, 4) is 0 Å². The van der Waals surface area contributed by atoms with E-state index in [4.69, 9.17) is 29.5 Å². The van der Waals surface area contributed by atoms with Gasteiger partial charge in [-0.15, -0.1) is 0 Å². The van der Waals surface area contributed by atoms with Gasteiger partial charge >= 0.3 is 39.9 Å². The van der Waals surface area contributed by atoms with Crippen molar-refractivity contribution in [2.24, 2.45) is 0 Å². The first-order chi connectivity index (χ1) is 3.00. The van der Waals surface area contributed by atoms with Crippen molar-refractivity contribution in [1.82, 2.24) is 0 Å². The van der Waals surface area contributed by atoms with Gasteiger partial charge in [-0.3, -0.25) is 0 Å². The normalized spacial score (nSPS) is 2.57. The fourth-order valence-electron chi connectivity index (χ4n) is 0. The van der Waals surface area contributed by atoms with Crippen LogP contribution in [0.25, 0.3) is 0 Å². The van der Waals surface area contributed by atoms with Crippen molar-refractivity contribution < 1.29 is 69.5 Å². The van der Waals surface area contributed by atoms with Crippen LogP contribution in [0.15, 0.2) is 0 Å². The maximum Gasteiger partial charge on any atom is 3.00 e. The summed E-state index contributed by atoms with van der Waals surface area (Å²) in [7, 11) is 0. The van der Waals surface area contributed by atoms with Crippen molar-refractivity contribution in [2.45, 2.75) is 0 Å². The largest absolute Gasteiger partial charge is 3.00 e. The Hall–Kier alpha value is 0.995. The summed E-state index contributed by atoms with van der Waals surface area (Å²) in [5.74, 6) is 0. The Bertz CT molecular complexity index is 10.1. The van der Waals surface area contributed by atoms with Gasteiger partial charge in [0.05, 0.1) is 0 Å². The van der Waals surface area contributed by atoms with Crippen molar-refractivity contribution >= 4 is 0 Å². The van der Waals surface area contributed by atoms with E-state index in [-0.39, 0.29) is 39.9 Å². The third-order valence-electron chi connectivity index (χ3n) is 0. The number of hydrogen-bond acceptors (Lipinski definition) is 3. The summed E-state index contributed by atoms with van der Waals surface area (Å²) >= 11 is 0. The zero-order valence-corrected chi connectivity index (χ0v) is 4.98. The standard InChI is InChI=1S/3FO.Gd/c3*1-2;/q3*-1;+3. The first kappa shape index (κ1) is 24.5. The van der Waals surface area contributed by atoms with Crippen molar-refractivity contribution in [3.63, 3.8) is 0 Å². The van der Waals surface area contributed by atoms with Crippen molar-refractivity contribution in [2.75, 3.05) is 0 Å². The molecule has 0 aliphatic carbocycles. The van der Waals surface area contributed by atoms with E-state index in [1.165, 1.54) is 0 Å². The smallest absolute Gasteiger partial charge is 0.682 e. The maximum atomic E-state index is 8.25. The van der Waals surface area contributed by atoms with E-state index in [1.807, 2.05) is 0 Å². The van der Waals surface area contributed by atoms with Crippen LogP contribution in [-0.4, -0.2) is 0 Å². The molecule has 0 saturated carbocycles. The number of hydrogen-bond donors (Lipinski definition) is 0. The molecular weight excluding hydrogens is 262 g/mol. The average Bonchev–Trinajstić information content (AvgIpc) is 1.81. The van der Waals surface area contributed by atoms with E-state index < -0.39 is 0 Å². The molecule has 7 heteroatoms. The van der Waals surface area contributed by atoms with Crippen molar-refractivity contribution in [3.05, 3.63) is 0 Å². The van der Waals surface area contributed by atoms with Crippen LogP contribution in [0.1, 0.15) is 0 Å². The van der Waals surface area contributed by atoms with Crippen LogP contribution in [0.3, 0.4) is 0 Å². The summed E-state index contributed by atoms with van der Waals surface area (Å²) < 4.78 is 24.8. The molecule has 0 fully saturated rings. The third-order valence-corrected chi connectivity index (χ3v) is 0. The van der Waals surface area contributed by atoms with Gasteiger partial charge in [0.15, 0.2) is 0 Å². The molecule has 3 nitrogen and oxygen atoms in total. The van der Waals surface area contributed by atoms with Crippen LogP contribution in [0.5, 0.6) is 0 Å². The molecule has 1 radical (unpaired) electrons. The van der Waals surface area contributed by atoms with Crippen LogP contribution in [0.4, 0.5) is 13.6 Å².